The van der Waals surface area contributed by atoms with E-state index in [0.717, 1.165) is 0 Å². The number of rotatable bonds is 7. The number of alkyl halides is 6. The number of hydrogen-bond acceptors (Lipinski definition) is 2. The molecule has 0 radical (unpaired) electrons. The second-order valence-electron chi connectivity index (χ2n) is 6.45. The highest BCUT2D eigenvalue weighted by molar-refractivity contribution is 5.69. The zero-order valence-electron chi connectivity index (χ0n) is 14.8. The van der Waals surface area contributed by atoms with Crippen molar-refractivity contribution in [3.05, 3.63) is 34.9 Å². The van der Waals surface area contributed by atoms with Gasteiger partial charge >= 0.3 is 18.3 Å². The monoisotopic (exact) mass is 384 g/mol. The van der Waals surface area contributed by atoms with E-state index in [-0.39, 0.29) is 42.9 Å². The van der Waals surface area contributed by atoms with Gasteiger partial charge in [0.15, 0.2) is 0 Å². The number of halogens is 6. The largest absolute Gasteiger partial charge is 0.462 e. The molecule has 1 aromatic rings. The number of hydrogen-bond donors (Lipinski definition) is 0. The third-order valence-corrected chi connectivity index (χ3v) is 3.92. The Morgan fingerprint density at radius 2 is 1.50 bits per heavy atom. The predicted molar refractivity (Wildman–Crippen MR) is 84.4 cm³/mol. The van der Waals surface area contributed by atoms with Crippen LogP contribution in [0.15, 0.2) is 18.2 Å². The Labute approximate surface area is 148 Å². The summed E-state index contributed by atoms with van der Waals surface area (Å²) in [6, 6.07) is 1.46. The molecule has 2 nitrogen and oxygen atoms in total. The molecule has 1 atom stereocenters. The fourth-order valence-electron chi connectivity index (χ4n) is 2.52. The number of esters is 1. The summed E-state index contributed by atoms with van der Waals surface area (Å²) >= 11 is 0. The molecule has 1 aromatic carbocycles. The van der Waals surface area contributed by atoms with Crippen molar-refractivity contribution in [3.8, 4) is 0 Å². The molecular formula is C18H22F6O2. The van der Waals surface area contributed by atoms with Gasteiger partial charge in [-0.25, -0.2) is 0 Å². The highest BCUT2D eigenvalue weighted by Gasteiger charge is 2.36. The van der Waals surface area contributed by atoms with Gasteiger partial charge in [-0.2, -0.15) is 26.3 Å². The zero-order valence-corrected chi connectivity index (χ0v) is 14.8. The molecule has 148 valence electrons. The summed E-state index contributed by atoms with van der Waals surface area (Å²) < 4.78 is 82.1. The van der Waals surface area contributed by atoms with E-state index in [4.69, 9.17) is 4.74 Å². The smallest absolute Gasteiger partial charge is 0.416 e. The summed E-state index contributed by atoms with van der Waals surface area (Å²) in [7, 11) is 0. The third kappa shape index (κ3) is 6.88. The SMILES string of the molecule is CC[C@@H](OC(=O)CCCc1cc(C(F)(F)F)cc(C(F)(F)F)c1)C(C)C. The molecule has 0 N–H and O–H groups in total. The lowest BCUT2D eigenvalue weighted by atomic mass is 10.0. The van der Waals surface area contributed by atoms with Gasteiger partial charge in [0.25, 0.3) is 0 Å². The Hall–Kier alpha value is -1.73. The van der Waals surface area contributed by atoms with E-state index in [9.17, 15) is 31.1 Å². The van der Waals surface area contributed by atoms with Gasteiger partial charge in [0.2, 0.25) is 0 Å². The highest BCUT2D eigenvalue weighted by Crippen LogP contribution is 2.36. The molecule has 0 saturated carbocycles. The van der Waals surface area contributed by atoms with Gasteiger partial charge < -0.3 is 4.74 Å². The van der Waals surface area contributed by atoms with E-state index >= 15 is 0 Å². The van der Waals surface area contributed by atoms with Crippen molar-refractivity contribution in [2.24, 2.45) is 5.92 Å². The van der Waals surface area contributed by atoms with Crippen LogP contribution in [-0.2, 0) is 28.3 Å². The molecule has 26 heavy (non-hydrogen) atoms. The lowest BCUT2D eigenvalue weighted by molar-refractivity contribution is -0.151. The van der Waals surface area contributed by atoms with Crippen molar-refractivity contribution >= 4 is 5.97 Å². The van der Waals surface area contributed by atoms with Crippen molar-refractivity contribution in [2.75, 3.05) is 0 Å². The first-order chi connectivity index (χ1) is 11.8. The standard InChI is InChI=1S/C18H22F6O2/c1-4-15(11(2)3)26-16(25)7-5-6-12-8-13(17(19,20)21)10-14(9-12)18(22,23)24/h8-11,15H,4-7H2,1-3H3/t15-/m1/s1. The topological polar surface area (TPSA) is 26.3 Å². The molecule has 0 aliphatic rings. The first-order valence-electron chi connectivity index (χ1n) is 8.32. The summed E-state index contributed by atoms with van der Waals surface area (Å²) in [5.74, 6) is -0.379. The molecule has 8 heteroatoms. The van der Waals surface area contributed by atoms with Gasteiger partial charge in [-0.1, -0.05) is 20.8 Å². The maximum absolute atomic E-state index is 12.8. The van der Waals surface area contributed by atoms with Crippen LogP contribution in [0.3, 0.4) is 0 Å². The van der Waals surface area contributed by atoms with E-state index in [1.807, 2.05) is 20.8 Å². The molecule has 0 aromatic heterocycles. The van der Waals surface area contributed by atoms with E-state index in [1.165, 1.54) is 0 Å². The van der Waals surface area contributed by atoms with Crippen LogP contribution in [0.1, 0.15) is 56.7 Å². The molecule has 0 bridgehead atoms. The van der Waals surface area contributed by atoms with Crippen molar-refractivity contribution in [2.45, 2.75) is 64.9 Å². The van der Waals surface area contributed by atoms with Gasteiger partial charge in [0.1, 0.15) is 6.10 Å². The first-order valence-corrected chi connectivity index (χ1v) is 8.32. The molecule has 0 heterocycles. The molecular weight excluding hydrogens is 362 g/mol. The minimum absolute atomic E-state index is 0.0686. The van der Waals surface area contributed by atoms with Crippen LogP contribution in [0.25, 0.3) is 0 Å². The Balaban J connectivity index is 2.79. The van der Waals surface area contributed by atoms with Crippen LogP contribution < -0.4 is 0 Å². The average molecular weight is 384 g/mol. The van der Waals surface area contributed by atoms with Crippen LogP contribution >= 0.6 is 0 Å². The Bertz CT molecular complexity index is 572. The molecule has 0 saturated heterocycles. The molecule has 0 amide bonds. The maximum atomic E-state index is 12.8. The van der Waals surface area contributed by atoms with Crippen LogP contribution in [0.5, 0.6) is 0 Å². The molecule has 0 aliphatic carbocycles. The first kappa shape index (κ1) is 22.3. The summed E-state index contributed by atoms with van der Waals surface area (Å²) in [5.41, 5.74) is -2.82. The predicted octanol–water partition coefficient (Wildman–Crippen LogP) is 6.02. The van der Waals surface area contributed by atoms with Gasteiger partial charge in [0.05, 0.1) is 11.1 Å². The lowest BCUT2D eigenvalue weighted by Crippen LogP contribution is -2.22. The highest BCUT2D eigenvalue weighted by atomic mass is 19.4. The minimum atomic E-state index is -4.87. The molecule has 0 aliphatic heterocycles. The van der Waals surface area contributed by atoms with E-state index < -0.39 is 29.4 Å². The minimum Gasteiger partial charge on any atom is -0.462 e. The van der Waals surface area contributed by atoms with E-state index in [0.29, 0.717) is 18.6 Å². The second-order valence-corrected chi connectivity index (χ2v) is 6.45. The fourth-order valence-corrected chi connectivity index (χ4v) is 2.52. The van der Waals surface area contributed by atoms with E-state index in [2.05, 4.69) is 0 Å². The van der Waals surface area contributed by atoms with Crippen LogP contribution in [-0.4, -0.2) is 12.1 Å². The van der Waals surface area contributed by atoms with Gasteiger partial charge in [-0.05, 0) is 48.9 Å². The van der Waals surface area contributed by atoms with E-state index in [1.54, 1.807) is 0 Å². The van der Waals surface area contributed by atoms with Gasteiger partial charge in [0, 0.05) is 6.42 Å². The third-order valence-electron chi connectivity index (χ3n) is 3.92. The molecule has 0 spiro atoms. The lowest BCUT2D eigenvalue weighted by Gasteiger charge is -2.19. The summed E-state index contributed by atoms with van der Waals surface area (Å²) in [6.45, 7) is 5.64. The summed E-state index contributed by atoms with van der Waals surface area (Å²) in [6.07, 6.45) is -9.42. The van der Waals surface area contributed by atoms with Crippen molar-refractivity contribution < 1.29 is 35.9 Å². The number of carbonyl (C=O) groups excluding carboxylic acids is 1. The van der Waals surface area contributed by atoms with Gasteiger partial charge in [-0.15, -0.1) is 0 Å². The van der Waals surface area contributed by atoms with Crippen molar-refractivity contribution in [1.82, 2.24) is 0 Å². The normalized spacial score (nSPS) is 13.8. The quantitative estimate of drug-likeness (QED) is 0.424. The summed E-state index contributed by atoms with van der Waals surface area (Å²) in [5, 5.41) is 0. The van der Waals surface area contributed by atoms with Crippen LogP contribution in [0.4, 0.5) is 26.3 Å². The van der Waals surface area contributed by atoms with Crippen molar-refractivity contribution in [3.63, 3.8) is 0 Å². The van der Waals surface area contributed by atoms with Crippen LogP contribution in [0, 0.1) is 5.92 Å². The van der Waals surface area contributed by atoms with Crippen LogP contribution in [0.2, 0.25) is 0 Å². The van der Waals surface area contributed by atoms with Gasteiger partial charge in [-0.3, -0.25) is 4.79 Å². The number of ether oxygens (including phenoxy) is 1. The Morgan fingerprint density at radius 1 is 1.00 bits per heavy atom. The molecule has 0 fully saturated rings. The average Bonchev–Trinajstić information content (AvgIpc) is 2.50. The Morgan fingerprint density at radius 3 is 1.88 bits per heavy atom. The second kappa shape index (κ2) is 8.77. The number of carbonyl (C=O) groups is 1. The Kier molecular flexibility index (Phi) is 7.53. The molecule has 0 unspecified atom stereocenters. The fraction of sp³-hybridized carbons (Fsp3) is 0.611. The number of benzene rings is 1. The number of aryl methyl sites for hydroxylation is 1. The molecule has 1 rings (SSSR count). The maximum Gasteiger partial charge on any atom is 0.416 e. The van der Waals surface area contributed by atoms with Crippen molar-refractivity contribution in [1.29, 1.82) is 0 Å². The zero-order chi connectivity index (χ0) is 20.1. The summed E-state index contributed by atoms with van der Waals surface area (Å²) in [4.78, 5) is 11.8.